The van der Waals surface area contributed by atoms with Gasteiger partial charge >= 0.3 is 0 Å². The second-order valence-corrected chi connectivity index (χ2v) is 14.7. The lowest BCUT2D eigenvalue weighted by Crippen LogP contribution is -2.09. The minimum absolute atomic E-state index is 1.14. The van der Waals surface area contributed by atoms with Crippen molar-refractivity contribution in [2.45, 2.75) is 0 Å². The molecule has 0 saturated heterocycles. The number of nitrogens with zero attached hydrogens (tertiary/aromatic N) is 1. The second-order valence-electron chi connectivity index (χ2n) is 13.7. The van der Waals surface area contributed by atoms with Crippen LogP contribution < -0.4 is 4.90 Å². The van der Waals surface area contributed by atoms with Crippen molar-refractivity contribution in [1.82, 2.24) is 0 Å². The first-order valence-electron chi connectivity index (χ1n) is 17.8. The third kappa shape index (κ3) is 4.48. The molecule has 1 nitrogen and oxygen atoms in total. The molecular formula is C50H31NS. The van der Waals surface area contributed by atoms with Crippen molar-refractivity contribution in [1.29, 1.82) is 0 Å². The summed E-state index contributed by atoms with van der Waals surface area (Å²) in [6.45, 7) is 0. The van der Waals surface area contributed by atoms with E-state index in [4.69, 9.17) is 0 Å². The van der Waals surface area contributed by atoms with Gasteiger partial charge in [0.15, 0.2) is 0 Å². The van der Waals surface area contributed by atoms with Crippen LogP contribution in [0.4, 0.5) is 17.1 Å². The Balaban J connectivity index is 1.07. The van der Waals surface area contributed by atoms with E-state index in [1.807, 2.05) is 11.3 Å². The second kappa shape index (κ2) is 11.5. The molecule has 0 aliphatic carbocycles. The SMILES string of the molecule is c1ccc(N(c2ccccc2)c2ccc(-c3ccc4c(c3)sc3c5cccc6c(-c7ccc8ccccc8c7)cc7cccc(c43)c7c65)cc2)cc1. The molecule has 52 heavy (non-hydrogen) atoms. The first-order chi connectivity index (χ1) is 25.8. The Kier molecular flexibility index (Phi) is 6.49. The van der Waals surface area contributed by atoms with E-state index >= 15 is 0 Å². The molecule has 0 unspecified atom stereocenters. The van der Waals surface area contributed by atoms with E-state index in [0.717, 1.165) is 17.1 Å². The molecule has 0 radical (unpaired) electrons. The summed E-state index contributed by atoms with van der Waals surface area (Å²) in [6, 6.07) is 68.9. The van der Waals surface area contributed by atoms with Crippen LogP contribution in [0.5, 0.6) is 0 Å². The average molecular weight is 678 g/mol. The molecule has 11 aromatic rings. The van der Waals surface area contributed by atoms with E-state index in [9.17, 15) is 0 Å². The highest BCUT2D eigenvalue weighted by molar-refractivity contribution is 7.27. The highest BCUT2D eigenvalue weighted by Gasteiger charge is 2.20. The molecular weight excluding hydrogens is 647 g/mol. The molecule has 0 bridgehead atoms. The molecule has 0 aliphatic heterocycles. The molecule has 0 fully saturated rings. The Labute approximate surface area is 305 Å². The minimum Gasteiger partial charge on any atom is -0.311 e. The Morgan fingerprint density at radius 1 is 0.327 bits per heavy atom. The van der Waals surface area contributed by atoms with Crippen LogP contribution in [-0.4, -0.2) is 0 Å². The number of hydrogen-bond donors (Lipinski definition) is 0. The van der Waals surface area contributed by atoms with Crippen LogP contribution in [0.25, 0.3) is 85.5 Å². The smallest absolute Gasteiger partial charge is 0.0462 e. The summed E-state index contributed by atoms with van der Waals surface area (Å²) in [5, 5.41) is 13.3. The van der Waals surface area contributed by atoms with Crippen molar-refractivity contribution in [3.63, 3.8) is 0 Å². The van der Waals surface area contributed by atoms with Gasteiger partial charge in [0, 0.05) is 42.6 Å². The first-order valence-corrected chi connectivity index (χ1v) is 18.7. The summed E-state index contributed by atoms with van der Waals surface area (Å²) in [5.41, 5.74) is 8.42. The van der Waals surface area contributed by atoms with Crippen molar-refractivity contribution in [2.75, 3.05) is 4.90 Å². The topological polar surface area (TPSA) is 3.24 Å². The van der Waals surface area contributed by atoms with Gasteiger partial charge in [0.05, 0.1) is 0 Å². The number of thiophene rings is 1. The number of hydrogen-bond acceptors (Lipinski definition) is 2. The van der Waals surface area contributed by atoms with Gasteiger partial charge in [-0.05, 0) is 115 Å². The minimum atomic E-state index is 1.14. The van der Waals surface area contributed by atoms with E-state index in [1.165, 1.54) is 85.5 Å². The predicted octanol–water partition coefficient (Wildman–Crippen LogP) is 14.9. The number of benzene rings is 10. The monoisotopic (exact) mass is 677 g/mol. The van der Waals surface area contributed by atoms with E-state index in [0.29, 0.717) is 0 Å². The van der Waals surface area contributed by atoms with E-state index in [2.05, 4.69) is 193 Å². The Hall–Kier alpha value is -6.48. The molecule has 10 aromatic carbocycles. The fourth-order valence-electron chi connectivity index (χ4n) is 8.38. The molecule has 2 heteroatoms. The summed E-state index contributed by atoms with van der Waals surface area (Å²) in [4.78, 5) is 2.31. The summed E-state index contributed by atoms with van der Waals surface area (Å²) >= 11 is 1.93. The van der Waals surface area contributed by atoms with Gasteiger partial charge in [-0.25, -0.2) is 0 Å². The molecule has 0 N–H and O–H groups in total. The van der Waals surface area contributed by atoms with Crippen molar-refractivity contribution in [3.05, 3.63) is 188 Å². The number of para-hydroxylation sites is 2. The van der Waals surface area contributed by atoms with Crippen molar-refractivity contribution in [2.24, 2.45) is 0 Å². The van der Waals surface area contributed by atoms with E-state index in [-0.39, 0.29) is 0 Å². The molecule has 0 atom stereocenters. The van der Waals surface area contributed by atoms with Crippen molar-refractivity contribution >= 4 is 91.7 Å². The van der Waals surface area contributed by atoms with Crippen molar-refractivity contribution in [3.8, 4) is 22.3 Å². The lowest BCUT2D eigenvalue weighted by molar-refractivity contribution is 1.28. The van der Waals surface area contributed by atoms with Gasteiger partial charge < -0.3 is 4.90 Å². The number of anilines is 3. The third-order valence-corrected chi connectivity index (χ3v) is 11.9. The van der Waals surface area contributed by atoms with Gasteiger partial charge in [0.2, 0.25) is 0 Å². The molecule has 0 saturated carbocycles. The summed E-state index contributed by atoms with van der Waals surface area (Å²) < 4.78 is 2.68. The lowest BCUT2D eigenvalue weighted by atomic mass is 9.87. The highest BCUT2D eigenvalue weighted by atomic mass is 32.1. The maximum absolute atomic E-state index is 2.41. The average Bonchev–Trinajstić information content (AvgIpc) is 3.61. The van der Waals surface area contributed by atoms with Crippen molar-refractivity contribution < 1.29 is 0 Å². The van der Waals surface area contributed by atoms with Crippen LogP contribution >= 0.6 is 11.3 Å². The lowest BCUT2D eigenvalue weighted by Gasteiger charge is -2.25. The van der Waals surface area contributed by atoms with Gasteiger partial charge in [-0.2, -0.15) is 0 Å². The van der Waals surface area contributed by atoms with Gasteiger partial charge in [0.1, 0.15) is 0 Å². The number of rotatable bonds is 5. The Morgan fingerprint density at radius 2 is 0.942 bits per heavy atom. The van der Waals surface area contributed by atoms with Crippen LogP contribution in [0.2, 0.25) is 0 Å². The number of fused-ring (bicyclic) bond motifs is 6. The highest BCUT2D eigenvalue weighted by Crippen LogP contribution is 2.49. The zero-order valence-corrected chi connectivity index (χ0v) is 29.1. The third-order valence-electron chi connectivity index (χ3n) is 10.8. The maximum Gasteiger partial charge on any atom is 0.0462 e. The zero-order valence-electron chi connectivity index (χ0n) is 28.3. The largest absolute Gasteiger partial charge is 0.311 e. The molecule has 1 aromatic heterocycles. The molecule has 0 amide bonds. The van der Waals surface area contributed by atoms with Crippen LogP contribution in [0.15, 0.2) is 188 Å². The van der Waals surface area contributed by atoms with E-state index < -0.39 is 0 Å². The quantitative estimate of drug-likeness (QED) is 0.164. The fourth-order valence-corrected chi connectivity index (χ4v) is 9.67. The molecule has 242 valence electrons. The summed E-state index contributed by atoms with van der Waals surface area (Å²) in [6.07, 6.45) is 0. The first kappa shape index (κ1) is 29.3. The van der Waals surface area contributed by atoms with Crippen LogP contribution in [0, 0.1) is 0 Å². The van der Waals surface area contributed by atoms with Gasteiger partial charge in [-0.15, -0.1) is 11.3 Å². The van der Waals surface area contributed by atoms with Crippen LogP contribution in [-0.2, 0) is 0 Å². The predicted molar refractivity (Wildman–Crippen MR) is 226 cm³/mol. The summed E-state index contributed by atoms with van der Waals surface area (Å²) in [5.74, 6) is 0. The molecule has 0 spiro atoms. The Bertz CT molecular complexity index is 3070. The maximum atomic E-state index is 2.41. The molecule has 11 rings (SSSR count). The Morgan fingerprint density at radius 3 is 1.73 bits per heavy atom. The fraction of sp³-hybridized carbons (Fsp3) is 0. The van der Waals surface area contributed by atoms with Gasteiger partial charge in [-0.3, -0.25) is 0 Å². The van der Waals surface area contributed by atoms with Gasteiger partial charge in [0.25, 0.3) is 0 Å². The van der Waals surface area contributed by atoms with Crippen LogP contribution in [0.3, 0.4) is 0 Å². The molecule has 1 heterocycles. The normalized spacial score (nSPS) is 11.8. The zero-order chi connectivity index (χ0) is 34.2. The summed E-state index contributed by atoms with van der Waals surface area (Å²) in [7, 11) is 0. The molecule has 0 aliphatic rings. The van der Waals surface area contributed by atoms with Crippen LogP contribution in [0.1, 0.15) is 0 Å². The standard InChI is InChI=1S/C50H31NS/c1-3-14-38(15-4-1)51(39-16-5-2-6-17-39)40-26-23-33(24-27-40)35-25-28-42-46(31-35)52-50-44-20-10-18-41-45(36-22-21-32-11-7-8-12-34(32)29-36)30-37-13-9-19-43(49(42)50)47(37)48(41)44/h1-31H. The van der Waals surface area contributed by atoms with Gasteiger partial charge in [-0.1, -0.05) is 133 Å². The van der Waals surface area contributed by atoms with E-state index in [1.54, 1.807) is 0 Å².